The number of hydrogen-bond acceptors (Lipinski definition) is 9. The lowest BCUT2D eigenvalue weighted by Crippen LogP contribution is -2.46. The molecule has 11 heteroatoms. The minimum absolute atomic E-state index is 0.183. The van der Waals surface area contributed by atoms with Crippen molar-refractivity contribution in [1.82, 2.24) is 15.3 Å². The number of carboxylic acids is 1. The van der Waals surface area contributed by atoms with Crippen molar-refractivity contribution in [1.29, 1.82) is 0 Å². The summed E-state index contributed by atoms with van der Waals surface area (Å²) >= 11 is 0. The third-order valence-electron chi connectivity index (χ3n) is 4.60. The van der Waals surface area contributed by atoms with Crippen LogP contribution >= 0.6 is 0 Å². The number of aliphatic carboxylic acids is 1. The highest BCUT2D eigenvalue weighted by molar-refractivity contribution is 5.78. The summed E-state index contributed by atoms with van der Waals surface area (Å²) in [6.45, 7) is -0.216. The summed E-state index contributed by atoms with van der Waals surface area (Å²) in [6.07, 6.45) is 2.60. The summed E-state index contributed by atoms with van der Waals surface area (Å²) in [5.41, 5.74) is 0.654. The molecular formula is C18H20N4O7. The van der Waals surface area contributed by atoms with Crippen LogP contribution in [0.5, 0.6) is 0 Å². The fourth-order valence-corrected chi connectivity index (χ4v) is 3.38. The molecule has 0 saturated carbocycles. The molecule has 4 rings (SSSR count). The maximum atomic E-state index is 11.9. The van der Waals surface area contributed by atoms with E-state index in [-0.39, 0.29) is 37.5 Å². The number of fused-ring (bicyclic) bond motifs is 1. The summed E-state index contributed by atoms with van der Waals surface area (Å²) in [5, 5.41) is 14.5. The summed E-state index contributed by atoms with van der Waals surface area (Å²) < 4.78 is 21.8. The molecule has 0 aliphatic carbocycles. The lowest BCUT2D eigenvalue weighted by Gasteiger charge is -2.18. The van der Waals surface area contributed by atoms with E-state index in [0.29, 0.717) is 24.0 Å². The molecule has 4 heterocycles. The second-order valence-electron chi connectivity index (χ2n) is 6.65. The van der Waals surface area contributed by atoms with Gasteiger partial charge in [0.2, 0.25) is 11.9 Å². The zero-order valence-corrected chi connectivity index (χ0v) is 15.3. The maximum absolute atomic E-state index is 11.9. The fraction of sp³-hybridized carbons (Fsp3) is 0.444. The smallest absolute Gasteiger partial charge is 0.329 e. The zero-order valence-electron chi connectivity index (χ0n) is 15.3. The molecule has 0 aromatic carbocycles. The Kier molecular flexibility index (Phi) is 5.69. The first-order valence-corrected chi connectivity index (χ1v) is 9.06. The monoisotopic (exact) mass is 404 g/mol. The maximum Gasteiger partial charge on any atom is 0.329 e. The lowest BCUT2D eigenvalue weighted by molar-refractivity contribution is -0.143. The van der Waals surface area contributed by atoms with Gasteiger partial charge in [0.25, 0.3) is 0 Å². The second kappa shape index (κ2) is 8.55. The molecule has 0 radical (unpaired) electrons. The number of carbonyl (C=O) groups is 2. The Bertz CT molecular complexity index is 860. The van der Waals surface area contributed by atoms with Crippen LogP contribution in [0, 0.1) is 0 Å². The molecule has 2 aromatic heterocycles. The highest BCUT2D eigenvalue weighted by atomic mass is 16.6. The van der Waals surface area contributed by atoms with Gasteiger partial charge >= 0.3 is 5.97 Å². The molecule has 0 spiro atoms. The molecule has 29 heavy (non-hydrogen) atoms. The summed E-state index contributed by atoms with van der Waals surface area (Å²) in [4.78, 5) is 31.0. The third kappa shape index (κ3) is 4.53. The molecule has 2 aliphatic rings. The SMILES string of the molecule is O=C(O)COCC(=O)N[C@H]1CO[C@H]2[C@H]1OC[C@H]2Nc1nccc(-c2ccco2)n1. The van der Waals surface area contributed by atoms with Crippen molar-refractivity contribution in [3.63, 3.8) is 0 Å². The van der Waals surface area contributed by atoms with Gasteiger partial charge in [-0.25, -0.2) is 14.8 Å². The van der Waals surface area contributed by atoms with E-state index in [9.17, 15) is 9.59 Å². The van der Waals surface area contributed by atoms with Gasteiger partial charge in [-0.3, -0.25) is 4.79 Å². The van der Waals surface area contributed by atoms with Crippen molar-refractivity contribution in [3.8, 4) is 11.5 Å². The minimum atomic E-state index is -1.13. The fourth-order valence-electron chi connectivity index (χ4n) is 3.38. The average molecular weight is 404 g/mol. The number of nitrogens with zero attached hydrogens (tertiary/aromatic N) is 2. The average Bonchev–Trinajstić information content (AvgIpc) is 3.42. The van der Waals surface area contributed by atoms with Crippen molar-refractivity contribution >= 4 is 17.8 Å². The predicted molar refractivity (Wildman–Crippen MR) is 97.0 cm³/mol. The van der Waals surface area contributed by atoms with Gasteiger partial charge in [0.05, 0.1) is 31.6 Å². The van der Waals surface area contributed by atoms with E-state index >= 15 is 0 Å². The van der Waals surface area contributed by atoms with Gasteiger partial charge in [0.15, 0.2) is 5.76 Å². The Morgan fingerprint density at radius 3 is 2.72 bits per heavy atom. The van der Waals surface area contributed by atoms with E-state index in [4.69, 9.17) is 23.7 Å². The Hall–Kier alpha value is -3.02. The highest BCUT2D eigenvalue weighted by Gasteiger charge is 2.48. The van der Waals surface area contributed by atoms with Crippen LogP contribution in [0.15, 0.2) is 35.1 Å². The Labute approximate surface area is 165 Å². The zero-order chi connectivity index (χ0) is 20.2. The van der Waals surface area contributed by atoms with E-state index in [0.717, 1.165) is 0 Å². The van der Waals surface area contributed by atoms with E-state index < -0.39 is 18.5 Å². The minimum Gasteiger partial charge on any atom is -0.480 e. The van der Waals surface area contributed by atoms with Gasteiger partial charge in [0.1, 0.15) is 31.1 Å². The van der Waals surface area contributed by atoms with Gasteiger partial charge < -0.3 is 34.4 Å². The predicted octanol–water partition coefficient (Wildman–Crippen LogP) is -0.0993. The van der Waals surface area contributed by atoms with Gasteiger partial charge in [-0.1, -0.05) is 0 Å². The molecular weight excluding hydrogens is 384 g/mol. The topological polar surface area (TPSA) is 145 Å². The van der Waals surface area contributed by atoms with Crippen LogP contribution in [0.25, 0.3) is 11.5 Å². The summed E-state index contributed by atoms with van der Waals surface area (Å²) in [6, 6.07) is 4.82. The van der Waals surface area contributed by atoms with Crippen LogP contribution < -0.4 is 10.6 Å². The largest absolute Gasteiger partial charge is 0.480 e. The Morgan fingerprint density at radius 2 is 1.97 bits per heavy atom. The van der Waals surface area contributed by atoms with Crippen LogP contribution in [0.2, 0.25) is 0 Å². The van der Waals surface area contributed by atoms with E-state index in [1.54, 1.807) is 24.6 Å². The first-order valence-electron chi connectivity index (χ1n) is 9.06. The first-order chi connectivity index (χ1) is 14.1. The van der Waals surface area contributed by atoms with Crippen LogP contribution in [-0.2, 0) is 23.8 Å². The summed E-state index contributed by atoms with van der Waals surface area (Å²) in [5.74, 6) is -0.490. The summed E-state index contributed by atoms with van der Waals surface area (Å²) in [7, 11) is 0. The van der Waals surface area contributed by atoms with Crippen LogP contribution in [0.4, 0.5) is 5.95 Å². The number of furan rings is 1. The molecule has 4 atom stereocenters. The quantitative estimate of drug-likeness (QED) is 0.545. The molecule has 3 N–H and O–H groups in total. The molecule has 0 unspecified atom stereocenters. The molecule has 2 saturated heterocycles. The molecule has 2 aromatic rings. The normalized spacial score (nSPS) is 25.5. The number of carbonyl (C=O) groups excluding carboxylic acids is 1. The third-order valence-corrected chi connectivity index (χ3v) is 4.60. The van der Waals surface area contributed by atoms with Gasteiger partial charge in [0, 0.05) is 6.20 Å². The highest BCUT2D eigenvalue weighted by Crippen LogP contribution is 2.29. The lowest BCUT2D eigenvalue weighted by atomic mass is 10.1. The van der Waals surface area contributed by atoms with Crippen LogP contribution in [0.3, 0.4) is 0 Å². The van der Waals surface area contributed by atoms with Crippen LogP contribution in [0.1, 0.15) is 0 Å². The number of rotatable bonds is 8. The van der Waals surface area contributed by atoms with E-state index in [1.165, 1.54) is 0 Å². The molecule has 2 aliphatic heterocycles. The van der Waals surface area contributed by atoms with Gasteiger partial charge in [-0.2, -0.15) is 0 Å². The number of carboxylic acid groups (broad SMARTS) is 1. The van der Waals surface area contributed by atoms with E-state index in [2.05, 4.69) is 20.6 Å². The van der Waals surface area contributed by atoms with Crippen molar-refractivity contribution < 1.29 is 33.3 Å². The number of hydrogen-bond donors (Lipinski definition) is 3. The number of anilines is 1. The van der Waals surface area contributed by atoms with Crippen molar-refractivity contribution in [2.24, 2.45) is 0 Å². The van der Waals surface area contributed by atoms with Crippen molar-refractivity contribution in [2.45, 2.75) is 24.3 Å². The van der Waals surface area contributed by atoms with E-state index in [1.807, 2.05) is 6.07 Å². The number of ether oxygens (including phenoxy) is 3. The Balaban J connectivity index is 1.32. The molecule has 11 nitrogen and oxygen atoms in total. The molecule has 2 fully saturated rings. The van der Waals surface area contributed by atoms with Gasteiger partial charge in [-0.05, 0) is 18.2 Å². The van der Waals surface area contributed by atoms with Crippen LogP contribution in [-0.4, -0.2) is 77.7 Å². The Morgan fingerprint density at radius 1 is 1.17 bits per heavy atom. The molecule has 154 valence electrons. The first kappa shape index (κ1) is 19.3. The number of nitrogens with one attached hydrogen (secondary N) is 2. The second-order valence-corrected chi connectivity index (χ2v) is 6.65. The van der Waals surface area contributed by atoms with Gasteiger partial charge in [-0.15, -0.1) is 0 Å². The number of aromatic nitrogens is 2. The van der Waals surface area contributed by atoms with Crippen molar-refractivity contribution in [3.05, 3.63) is 30.7 Å². The standard InChI is InChI=1S/C18H20N4O7/c23-14(8-26-9-15(24)25)20-11-6-28-17-12(7-29-16(11)17)22-18-19-4-3-10(21-18)13-2-1-5-27-13/h1-5,11-12,16-17H,6-9H2,(H,20,23)(H,24,25)(H,19,21,22)/t11-,12+,16-,17+/m0/s1. The molecule has 1 amide bonds. The molecule has 0 bridgehead atoms. The number of amides is 1. The van der Waals surface area contributed by atoms with Crippen molar-refractivity contribution in [2.75, 3.05) is 31.7 Å².